The van der Waals surface area contributed by atoms with E-state index in [1.807, 2.05) is 11.5 Å². The van der Waals surface area contributed by atoms with E-state index in [4.69, 9.17) is 0 Å². The third kappa shape index (κ3) is 4.15. The molecule has 1 aromatic heterocycles. The molecule has 6 nitrogen and oxygen atoms in total. The average molecular weight is 431 g/mol. The number of nitrogens with zero attached hydrogens (tertiary/aromatic N) is 2. The topological polar surface area (TPSA) is 79.6 Å². The first-order chi connectivity index (χ1) is 14.0. The van der Waals surface area contributed by atoms with Gasteiger partial charge in [0, 0.05) is 23.2 Å². The lowest BCUT2D eigenvalue weighted by Gasteiger charge is -2.20. The molecule has 0 amide bonds. The highest BCUT2D eigenvalue weighted by molar-refractivity contribution is 7.90. The molecule has 1 atom stereocenters. The number of carbonyl (C=O) groups is 1. The Kier molecular flexibility index (Phi) is 5.83. The van der Waals surface area contributed by atoms with Crippen LogP contribution < -0.4 is 0 Å². The maximum atomic E-state index is 13.5. The molecule has 0 saturated carbocycles. The van der Waals surface area contributed by atoms with E-state index in [0.29, 0.717) is 28.2 Å². The number of hydrogen-bond donors (Lipinski definition) is 1. The van der Waals surface area contributed by atoms with Crippen LogP contribution in [0.25, 0.3) is 16.9 Å². The molecule has 0 fully saturated rings. The molecule has 158 valence electrons. The van der Waals surface area contributed by atoms with E-state index in [-0.39, 0.29) is 10.7 Å². The fraction of sp³-hybridized carbons (Fsp3) is 0.227. The summed E-state index contributed by atoms with van der Waals surface area (Å²) in [6, 6.07) is 13.2. The first-order valence-electron chi connectivity index (χ1n) is 9.18. The van der Waals surface area contributed by atoms with Crippen LogP contribution in [0.4, 0.5) is 4.39 Å². The Morgan fingerprint density at radius 2 is 1.63 bits per heavy atom. The number of carboxylic acid groups (broad SMARTS) is 1. The number of rotatable bonds is 6. The third-order valence-electron chi connectivity index (χ3n) is 4.99. The molecular formula is C22H23FN2O4S. The molecular weight excluding hydrogens is 407 g/mol. The molecule has 3 rings (SSSR count). The van der Waals surface area contributed by atoms with Gasteiger partial charge in [-0.15, -0.1) is 0 Å². The highest BCUT2D eigenvalue weighted by Gasteiger charge is 2.28. The summed E-state index contributed by atoms with van der Waals surface area (Å²) in [5, 5.41) is 9.76. The summed E-state index contributed by atoms with van der Waals surface area (Å²) < 4.78 is 38.9. The van der Waals surface area contributed by atoms with Gasteiger partial charge >= 0.3 is 5.97 Å². The second kappa shape index (κ2) is 8.04. The molecule has 0 radical (unpaired) electrons. The van der Waals surface area contributed by atoms with Crippen molar-refractivity contribution >= 4 is 15.8 Å². The van der Waals surface area contributed by atoms with Gasteiger partial charge in [0.05, 0.1) is 10.6 Å². The molecule has 3 aromatic rings. The van der Waals surface area contributed by atoms with E-state index < -0.39 is 21.8 Å². The monoisotopic (exact) mass is 430 g/mol. The van der Waals surface area contributed by atoms with E-state index in [9.17, 15) is 22.7 Å². The van der Waals surface area contributed by atoms with Crippen molar-refractivity contribution in [2.45, 2.75) is 17.9 Å². The zero-order valence-electron chi connectivity index (χ0n) is 17.1. The number of halogens is 1. The summed E-state index contributed by atoms with van der Waals surface area (Å²) in [4.78, 5) is 13.7. The van der Waals surface area contributed by atoms with Gasteiger partial charge in [0.25, 0.3) is 0 Å². The van der Waals surface area contributed by atoms with Crippen molar-refractivity contribution in [3.05, 3.63) is 71.7 Å². The number of likely N-dealkylation sites (N-methyl/N-ethyl adjacent to an activating group) is 1. The predicted octanol–water partition coefficient (Wildman–Crippen LogP) is 3.68. The van der Waals surface area contributed by atoms with Crippen molar-refractivity contribution in [2.24, 2.45) is 0 Å². The number of aromatic nitrogens is 1. The van der Waals surface area contributed by atoms with Crippen molar-refractivity contribution in [3.63, 3.8) is 0 Å². The number of sulfone groups is 1. The Labute approximate surface area is 175 Å². The maximum Gasteiger partial charge on any atom is 0.325 e. The molecule has 0 saturated heterocycles. The number of benzene rings is 2. The number of carboxylic acids is 1. The van der Waals surface area contributed by atoms with E-state index >= 15 is 0 Å². The quantitative estimate of drug-likeness (QED) is 0.645. The van der Waals surface area contributed by atoms with E-state index in [0.717, 1.165) is 6.26 Å². The van der Waals surface area contributed by atoms with Gasteiger partial charge < -0.3 is 9.67 Å². The molecule has 2 aromatic carbocycles. The minimum Gasteiger partial charge on any atom is -0.480 e. The molecule has 0 aliphatic carbocycles. The van der Waals surface area contributed by atoms with E-state index in [1.54, 1.807) is 49.3 Å². The first-order valence-corrected chi connectivity index (χ1v) is 11.1. The molecule has 1 heterocycles. The van der Waals surface area contributed by atoms with Gasteiger partial charge in [-0.1, -0.05) is 12.1 Å². The van der Waals surface area contributed by atoms with Crippen LogP contribution in [0.5, 0.6) is 0 Å². The minimum absolute atomic E-state index is 0.194. The minimum atomic E-state index is -3.34. The smallest absolute Gasteiger partial charge is 0.325 e. The van der Waals surface area contributed by atoms with Crippen LogP contribution >= 0.6 is 0 Å². The SMILES string of the molecule is Cc1c(C(C(=O)O)N(C)C)cc(-c2ccc(S(C)(=O)=O)cc2)n1-c1ccc(F)cc1. The molecule has 1 unspecified atom stereocenters. The van der Waals surface area contributed by atoms with Crippen molar-refractivity contribution in [1.29, 1.82) is 0 Å². The Morgan fingerprint density at radius 3 is 2.10 bits per heavy atom. The van der Waals surface area contributed by atoms with Crippen LogP contribution in [0.15, 0.2) is 59.5 Å². The van der Waals surface area contributed by atoms with Crippen LogP contribution in [0, 0.1) is 12.7 Å². The van der Waals surface area contributed by atoms with Crippen LogP contribution in [0.1, 0.15) is 17.3 Å². The van der Waals surface area contributed by atoms with Gasteiger partial charge in [-0.3, -0.25) is 9.69 Å². The summed E-state index contributed by atoms with van der Waals surface area (Å²) in [5.41, 5.74) is 3.36. The Balaban J connectivity index is 2.26. The first kappa shape index (κ1) is 21.7. The summed E-state index contributed by atoms with van der Waals surface area (Å²) >= 11 is 0. The summed E-state index contributed by atoms with van der Waals surface area (Å²) in [5.74, 6) is -1.36. The molecule has 8 heteroatoms. The highest BCUT2D eigenvalue weighted by Crippen LogP contribution is 2.34. The summed E-state index contributed by atoms with van der Waals surface area (Å²) in [6.45, 7) is 1.81. The molecule has 0 aliphatic heterocycles. The summed E-state index contributed by atoms with van der Waals surface area (Å²) in [7, 11) is 0.0365. The van der Waals surface area contributed by atoms with Gasteiger partial charge in [0.2, 0.25) is 0 Å². The van der Waals surface area contributed by atoms with Gasteiger partial charge in [-0.05, 0) is 69.0 Å². The van der Waals surface area contributed by atoms with Crippen LogP contribution in [-0.4, -0.2) is 49.3 Å². The molecule has 1 N–H and O–H groups in total. The Hall–Kier alpha value is -2.97. The highest BCUT2D eigenvalue weighted by atomic mass is 32.2. The van der Waals surface area contributed by atoms with Gasteiger partial charge in [0.1, 0.15) is 11.9 Å². The van der Waals surface area contributed by atoms with Crippen LogP contribution in [0.2, 0.25) is 0 Å². The fourth-order valence-corrected chi connectivity index (χ4v) is 4.17. The van der Waals surface area contributed by atoms with Crippen molar-refractivity contribution in [1.82, 2.24) is 9.47 Å². The lowest BCUT2D eigenvalue weighted by atomic mass is 10.1. The normalized spacial score (nSPS) is 12.9. The van der Waals surface area contributed by atoms with Crippen molar-refractivity contribution < 1.29 is 22.7 Å². The summed E-state index contributed by atoms with van der Waals surface area (Å²) in [6.07, 6.45) is 1.14. The fourth-order valence-electron chi connectivity index (χ4n) is 3.54. The van der Waals surface area contributed by atoms with Crippen LogP contribution in [-0.2, 0) is 14.6 Å². The Bertz CT molecular complexity index is 1180. The molecule has 0 spiro atoms. The van der Waals surface area contributed by atoms with Gasteiger partial charge in [-0.25, -0.2) is 12.8 Å². The van der Waals surface area contributed by atoms with Crippen molar-refractivity contribution in [3.8, 4) is 16.9 Å². The Morgan fingerprint density at radius 1 is 1.07 bits per heavy atom. The standard InChI is InChI=1S/C22H23FN2O4S/c1-14-19(21(22(26)27)24(2)3)13-20(25(14)17-9-7-16(23)8-10-17)15-5-11-18(12-6-15)30(4,28)29/h5-13,21H,1-4H3,(H,26,27). The predicted molar refractivity (Wildman–Crippen MR) is 113 cm³/mol. The zero-order chi connectivity index (χ0) is 22.2. The molecule has 0 bridgehead atoms. The van der Waals surface area contributed by atoms with Gasteiger partial charge in [-0.2, -0.15) is 0 Å². The second-order valence-electron chi connectivity index (χ2n) is 7.38. The average Bonchev–Trinajstić information content (AvgIpc) is 2.98. The maximum absolute atomic E-state index is 13.5. The molecule has 30 heavy (non-hydrogen) atoms. The van der Waals surface area contributed by atoms with E-state index in [1.165, 1.54) is 24.3 Å². The van der Waals surface area contributed by atoms with E-state index in [2.05, 4.69) is 0 Å². The third-order valence-corrected chi connectivity index (χ3v) is 6.12. The second-order valence-corrected chi connectivity index (χ2v) is 9.40. The molecule has 0 aliphatic rings. The number of aliphatic carboxylic acids is 1. The van der Waals surface area contributed by atoms with Gasteiger partial charge in [0.15, 0.2) is 9.84 Å². The largest absolute Gasteiger partial charge is 0.480 e. The van der Waals surface area contributed by atoms with Crippen LogP contribution in [0.3, 0.4) is 0 Å². The van der Waals surface area contributed by atoms with Crippen molar-refractivity contribution in [2.75, 3.05) is 20.4 Å². The lowest BCUT2D eigenvalue weighted by molar-refractivity contribution is -0.142. The zero-order valence-corrected chi connectivity index (χ0v) is 17.9. The number of hydrogen-bond acceptors (Lipinski definition) is 4. The lowest BCUT2D eigenvalue weighted by Crippen LogP contribution is -2.27.